The van der Waals surface area contributed by atoms with Crippen LogP contribution in [0.1, 0.15) is 16.7 Å². The number of aryl methyl sites for hydroxylation is 3. The smallest absolute Gasteiger partial charge is 0.190 e. The Labute approximate surface area is 170 Å². The number of thiazole rings is 1. The molecule has 4 rings (SSSR count). The van der Waals surface area contributed by atoms with Crippen LogP contribution in [0.4, 0.5) is 5.69 Å². The Hall–Kier alpha value is -2.91. The Bertz CT molecular complexity index is 1100. The minimum Gasteiger partial charge on any atom is -0.316 e. The zero-order valence-corrected chi connectivity index (χ0v) is 17.1. The van der Waals surface area contributed by atoms with E-state index in [0.717, 1.165) is 23.5 Å². The molecule has 140 valence electrons. The molecular weight excluding hydrogens is 360 g/mol. The molecule has 28 heavy (non-hydrogen) atoms. The van der Waals surface area contributed by atoms with E-state index in [4.69, 9.17) is 4.99 Å². The fourth-order valence-electron chi connectivity index (χ4n) is 3.21. The van der Waals surface area contributed by atoms with Crippen LogP contribution >= 0.6 is 11.3 Å². The van der Waals surface area contributed by atoms with Crippen molar-refractivity contribution in [1.29, 1.82) is 0 Å². The molecule has 0 radical (unpaired) electrons. The summed E-state index contributed by atoms with van der Waals surface area (Å²) < 4.78 is 2.35. The highest BCUT2D eigenvalue weighted by Crippen LogP contribution is 2.22. The second-order valence-electron chi connectivity index (χ2n) is 7.10. The van der Waals surface area contributed by atoms with E-state index in [1.54, 1.807) is 11.3 Å². The topological polar surface area (TPSA) is 17.3 Å². The van der Waals surface area contributed by atoms with Gasteiger partial charge in [-0.1, -0.05) is 77.9 Å². The zero-order chi connectivity index (χ0) is 19.3. The average molecular weight is 385 g/mol. The van der Waals surface area contributed by atoms with E-state index < -0.39 is 0 Å². The van der Waals surface area contributed by atoms with Gasteiger partial charge in [-0.2, -0.15) is 0 Å². The predicted molar refractivity (Wildman–Crippen MR) is 119 cm³/mol. The monoisotopic (exact) mass is 384 g/mol. The van der Waals surface area contributed by atoms with E-state index in [1.807, 2.05) is 0 Å². The van der Waals surface area contributed by atoms with E-state index in [0.29, 0.717) is 0 Å². The maximum absolute atomic E-state index is 4.94. The normalized spacial score (nSPS) is 11.7. The summed E-state index contributed by atoms with van der Waals surface area (Å²) in [5.74, 6) is 0. The molecule has 0 spiro atoms. The first-order valence-electron chi connectivity index (χ1n) is 9.60. The van der Waals surface area contributed by atoms with Gasteiger partial charge in [0.15, 0.2) is 4.80 Å². The highest BCUT2D eigenvalue weighted by Gasteiger charge is 2.08. The third-order valence-electron chi connectivity index (χ3n) is 4.87. The quantitative estimate of drug-likeness (QED) is 0.384. The summed E-state index contributed by atoms with van der Waals surface area (Å²) in [6.45, 7) is 5.13. The van der Waals surface area contributed by atoms with E-state index in [1.165, 1.54) is 27.9 Å². The summed E-state index contributed by atoms with van der Waals surface area (Å²) in [6, 6.07) is 27.8. The van der Waals surface area contributed by atoms with Crippen molar-refractivity contribution in [2.24, 2.45) is 4.99 Å². The molecule has 0 fully saturated rings. The molecule has 0 saturated carbocycles. The van der Waals surface area contributed by atoms with Gasteiger partial charge in [0.05, 0.1) is 11.4 Å². The fraction of sp³-hybridized carbons (Fsp3) is 0.160. The summed E-state index contributed by atoms with van der Waals surface area (Å²) >= 11 is 1.71. The summed E-state index contributed by atoms with van der Waals surface area (Å²) in [5.41, 5.74) is 7.34. The third-order valence-corrected chi connectivity index (χ3v) is 5.73. The summed E-state index contributed by atoms with van der Waals surface area (Å²) in [7, 11) is 0. The third kappa shape index (κ3) is 4.32. The lowest BCUT2D eigenvalue weighted by molar-refractivity contribution is 0.684. The highest BCUT2D eigenvalue weighted by atomic mass is 32.1. The van der Waals surface area contributed by atoms with Crippen LogP contribution in [0.15, 0.2) is 89.2 Å². The van der Waals surface area contributed by atoms with Crippen molar-refractivity contribution in [2.45, 2.75) is 26.8 Å². The van der Waals surface area contributed by atoms with E-state index >= 15 is 0 Å². The first-order valence-corrected chi connectivity index (χ1v) is 10.5. The Morgan fingerprint density at radius 3 is 2.11 bits per heavy atom. The molecule has 0 bridgehead atoms. The first-order chi connectivity index (χ1) is 13.7. The molecule has 0 aliphatic carbocycles. The molecule has 2 nitrogen and oxygen atoms in total. The first kappa shape index (κ1) is 18.5. The maximum atomic E-state index is 4.94. The summed E-state index contributed by atoms with van der Waals surface area (Å²) in [6.07, 6.45) is 0.984. The summed E-state index contributed by atoms with van der Waals surface area (Å²) in [4.78, 5) is 5.98. The molecule has 0 aliphatic heterocycles. The van der Waals surface area contributed by atoms with Crippen molar-refractivity contribution in [3.63, 3.8) is 0 Å². The maximum Gasteiger partial charge on any atom is 0.190 e. The van der Waals surface area contributed by atoms with Gasteiger partial charge in [-0.25, -0.2) is 4.99 Å². The van der Waals surface area contributed by atoms with Crippen molar-refractivity contribution in [3.8, 4) is 11.3 Å². The minimum absolute atomic E-state index is 0.904. The molecule has 1 heterocycles. The molecule has 0 N–H and O–H groups in total. The van der Waals surface area contributed by atoms with Crippen LogP contribution in [0.25, 0.3) is 11.3 Å². The minimum atomic E-state index is 0.904. The Kier molecular flexibility index (Phi) is 5.54. The van der Waals surface area contributed by atoms with Crippen molar-refractivity contribution in [1.82, 2.24) is 4.57 Å². The van der Waals surface area contributed by atoms with Gasteiger partial charge >= 0.3 is 0 Å². The van der Waals surface area contributed by atoms with Crippen LogP contribution in [0.2, 0.25) is 0 Å². The molecule has 0 aliphatic rings. The molecule has 0 unspecified atom stereocenters. The molecule has 0 atom stereocenters. The van der Waals surface area contributed by atoms with Crippen LogP contribution in [0.5, 0.6) is 0 Å². The van der Waals surface area contributed by atoms with Crippen LogP contribution < -0.4 is 4.80 Å². The number of hydrogen-bond donors (Lipinski definition) is 0. The molecule has 0 saturated heterocycles. The Morgan fingerprint density at radius 2 is 1.43 bits per heavy atom. The van der Waals surface area contributed by atoms with Gasteiger partial charge in [0.25, 0.3) is 0 Å². The Balaban J connectivity index is 1.75. The van der Waals surface area contributed by atoms with Crippen molar-refractivity contribution < 1.29 is 0 Å². The fourth-order valence-corrected chi connectivity index (χ4v) is 4.16. The van der Waals surface area contributed by atoms with Gasteiger partial charge in [-0.15, -0.1) is 11.3 Å². The number of benzene rings is 3. The van der Waals surface area contributed by atoms with Gasteiger partial charge in [0.2, 0.25) is 0 Å². The van der Waals surface area contributed by atoms with E-state index in [9.17, 15) is 0 Å². The van der Waals surface area contributed by atoms with Gasteiger partial charge in [-0.05, 0) is 43.5 Å². The van der Waals surface area contributed by atoms with Crippen molar-refractivity contribution >= 4 is 17.0 Å². The second-order valence-corrected chi connectivity index (χ2v) is 7.94. The summed E-state index contributed by atoms with van der Waals surface area (Å²) in [5, 5.41) is 2.22. The zero-order valence-electron chi connectivity index (χ0n) is 16.3. The lowest BCUT2D eigenvalue weighted by Crippen LogP contribution is -2.17. The van der Waals surface area contributed by atoms with Crippen LogP contribution in [-0.2, 0) is 13.0 Å². The van der Waals surface area contributed by atoms with Crippen molar-refractivity contribution in [2.75, 3.05) is 0 Å². The van der Waals surface area contributed by atoms with Crippen molar-refractivity contribution in [3.05, 3.63) is 106 Å². The van der Waals surface area contributed by atoms with Gasteiger partial charge < -0.3 is 4.57 Å². The second kappa shape index (κ2) is 8.41. The van der Waals surface area contributed by atoms with Crippen LogP contribution in [-0.4, -0.2) is 4.57 Å². The number of nitrogens with zero attached hydrogens (tertiary/aromatic N) is 2. The highest BCUT2D eigenvalue weighted by molar-refractivity contribution is 7.07. The molecule has 4 aromatic rings. The largest absolute Gasteiger partial charge is 0.316 e. The lowest BCUT2D eigenvalue weighted by Gasteiger charge is -2.10. The number of rotatable bonds is 5. The molecule has 3 aromatic carbocycles. The average Bonchev–Trinajstić information content (AvgIpc) is 3.12. The van der Waals surface area contributed by atoms with Crippen LogP contribution in [0, 0.1) is 13.8 Å². The molecule has 1 aromatic heterocycles. The SMILES string of the molecule is Cc1ccc(N=c2scc(-c3ccc(C)cc3)n2CCc2ccccc2)cc1. The van der Waals surface area contributed by atoms with E-state index in [2.05, 4.69) is 103 Å². The van der Waals surface area contributed by atoms with Gasteiger partial charge in [0, 0.05) is 11.9 Å². The molecule has 0 amide bonds. The Morgan fingerprint density at radius 1 is 0.786 bits per heavy atom. The lowest BCUT2D eigenvalue weighted by atomic mass is 10.1. The molecule has 3 heteroatoms. The van der Waals surface area contributed by atoms with E-state index in [-0.39, 0.29) is 0 Å². The number of hydrogen-bond acceptors (Lipinski definition) is 2. The standard InChI is InChI=1S/C25H24N2S/c1-19-8-12-22(13-9-19)24-18-28-25(26-23-14-10-20(2)11-15-23)27(24)17-16-21-6-4-3-5-7-21/h3-15,18H,16-17H2,1-2H3. The number of aromatic nitrogens is 1. The molecular formula is C25H24N2S. The predicted octanol–water partition coefficient (Wildman–Crippen LogP) is 6.31. The van der Waals surface area contributed by atoms with Gasteiger partial charge in [-0.3, -0.25) is 0 Å². The van der Waals surface area contributed by atoms with Crippen LogP contribution in [0.3, 0.4) is 0 Å². The van der Waals surface area contributed by atoms with Gasteiger partial charge in [0.1, 0.15) is 0 Å².